The molecule has 1 saturated carbocycles. The quantitative estimate of drug-likeness (QED) is 0.724. The normalized spacial score (nSPS) is 17.1. The lowest BCUT2D eigenvalue weighted by molar-refractivity contribution is 0.101. The van der Waals surface area contributed by atoms with Gasteiger partial charge >= 0.3 is 0 Å². The van der Waals surface area contributed by atoms with Crippen LogP contribution in [-0.2, 0) is 0 Å². The molecular formula is C14H17BrOS. The minimum atomic E-state index is 0.125. The predicted molar refractivity (Wildman–Crippen MR) is 76.9 cm³/mol. The Hall–Kier alpha value is -0.280. The maximum Gasteiger partial charge on any atom is 0.159 e. The van der Waals surface area contributed by atoms with Crippen molar-refractivity contribution < 1.29 is 4.79 Å². The monoisotopic (exact) mass is 312 g/mol. The molecule has 0 aromatic heterocycles. The molecule has 0 bridgehead atoms. The molecule has 0 heterocycles. The zero-order valence-electron chi connectivity index (χ0n) is 10.0. The van der Waals surface area contributed by atoms with Gasteiger partial charge in [0.25, 0.3) is 0 Å². The van der Waals surface area contributed by atoms with Gasteiger partial charge in [-0.05, 0) is 47.8 Å². The Bertz CT molecular complexity index is 411. The van der Waals surface area contributed by atoms with Gasteiger partial charge in [0.15, 0.2) is 5.78 Å². The first kappa shape index (κ1) is 13.2. The molecular weight excluding hydrogens is 296 g/mol. The molecule has 0 radical (unpaired) electrons. The summed E-state index contributed by atoms with van der Waals surface area (Å²) in [5.41, 5.74) is 0.782. The van der Waals surface area contributed by atoms with Crippen molar-refractivity contribution in [3.63, 3.8) is 0 Å². The number of benzene rings is 1. The number of rotatable bonds is 3. The molecule has 1 aromatic carbocycles. The Morgan fingerprint density at radius 3 is 2.59 bits per heavy atom. The summed E-state index contributed by atoms with van der Waals surface area (Å²) in [6, 6.07) is 5.94. The Morgan fingerprint density at radius 2 is 2.00 bits per heavy atom. The predicted octanol–water partition coefficient (Wildman–Crippen LogP) is 5.08. The molecule has 2 rings (SSSR count). The highest BCUT2D eigenvalue weighted by Gasteiger charge is 2.16. The molecule has 0 amide bonds. The molecule has 1 fully saturated rings. The van der Waals surface area contributed by atoms with Crippen molar-refractivity contribution in [3.8, 4) is 0 Å². The first-order valence-electron chi connectivity index (χ1n) is 6.14. The first-order chi connectivity index (χ1) is 8.16. The highest BCUT2D eigenvalue weighted by molar-refractivity contribution is 9.10. The largest absolute Gasteiger partial charge is 0.295 e. The van der Waals surface area contributed by atoms with E-state index in [1.165, 1.54) is 37.0 Å². The summed E-state index contributed by atoms with van der Waals surface area (Å²) in [5, 5.41) is 0.753. The Morgan fingerprint density at radius 1 is 1.29 bits per heavy atom. The number of halogens is 1. The Labute approximate surface area is 115 Å². The third-order valence-electron chi connectivity index (χ3n) is 3.18. The van der Waals surface area contributed by atoms with E-state index in [2.05, 4.69) is 22.0 Å². The minimum absolute atomic E-state index is 0.125. The molecule has 92 valence electrons. The number of Topliss-reactive ketones (excluding diaryl/α,β-unsaturated/α-hetero) is 1. The van der Waals surface area contributed by atoms with Crippen molar-refractivity contribution in [2.24, 2.45) is 0 Å². The second kappa shape index (κ2) is 6.05. The lowest BCUT2D eigenvalue weighted by Gasteiger charge is -2.21. The third kappa shape index (κ3) is 3.59. The zero-order chi connectivity index (χ0) is 12.3. The van der Waals surface area contributed by atoms with E-state index in [0.717, 1.165) is 15.3 Å². The first-order valence-corrected chi connectivity index (χ1v) is 7.81. The number of thioether (sulfide) groups is 1. The molecule has 17 heavy (non-hydrogen) atoms. The van der Waals surface area contributed by atoms with Gasteiger partial charge in [-0.15, -0.1) is 11.8 Å². The van der Waals surface area contributed by atoms with Crippen LogP contribution in [0.2, 0.25) is 0 Å². The number of hydrogen-bond acceptors (Lipinski definition) is 2. The van der Waals surface area contributed by atoms with Crippen molar-refractivity contribution in [1.82, 2.24) is 0 Å². The van der Waals surface area contributed by atoms with E-state index in [0.29, 0.717) is 0 Å². The summed E-state index contributed by atoms with van der Waals surface area (Å²) in [6.45, 7) is 1.61. The molecule has 1 nitrogen and oxygen atoms in total. The fourth-order valence-electron chi connectivity index (χ4n) is 2.18. The third-order valence-corrected chi connectivity index (χ3v) is 5.52. The van der Waals surface area contributed by atoms with Crippen LogP contribution < -0.4 is 0 Å². The summed E-state index contributed by atoms with van der Waals surface area (Å²) < 4.78 is 1.06. The van der Waals surface area contributed by atoms with E-state index < -0.39 is 0 Å². The van der Waals surface area contributed by atoms with Crippen LogP contribution in [0.5, 0.6) is 0 Å². The van der Waals surface area contributed by atoms with E-state index in [-0.39, 0.29) is 5.78 Å². The van der Waals surface area contributed by atoms with Gasteiger partial charge in [-0.2, -0.15) is 0 Å². The van der Waals surface area contributed by atoms with E-state index in [9.17, 15) is 4.79 Å². The van der Waals surface area contributed by atoms with Gasteiger partial charge in [-0.25, -0.2) is 0 Å². The fourth-order valence-corrected chi connectivity index (χ4v) is 4.08. The molecule has 0 atom stereocenters. The molecule has 0 spiro atoms. The number of hydrogen-bond donors (Lipinski definition) is 0. The molecule has 1 aliphatic carbocycles. The molecule has 0 saturated heterocycles. The van der Waals surface area contributed by atoms with Crippen molar-refractivity contribution in [3.05, 3.63) is 28.2 Å². The number of carbonyl (C=O) groups is 1. The number of carbonyl (C=O) groups excluding carboxylic acids is 1. The van der Waals surface area contributed by atoms with Crippen LogP contribution >= 0.6 is 27.7 Å². The van der Waals surface area contributed by atoms with E-state index in [4.69, 9.17) is 0 Å². The smallest absolute Gasteiger partial charge is 0.159 e. The lowest BCUT2D eigenvalue weighted by Crippen LogP contribution is -2.07. The topological polar surface area (TPSA) is 17.1 Å². The van der Waals surface area contributed by atoms with Crippen LogP contribution in [0.15, 0.2) is 27.6 Å². The van der Waals surface area contributed by atoms with Gasteiger partial charge in [-0.1, -0.05) is 25.3 Å². The van der Waals surface area contributed by atoms with Gasteiger partial charge in [-0.3, -0.25) is 4.79 Å². The van der Waals surface area contributed by atoms with Crippen LogP contribution in [0, 0.1) is 0 Å². The maximum atomic E-state index is 11.3. The van der Waals surface area contributed by atoms with E-state index in [1.807, 2.05) is 23.9 Å². The summed E-state index contributed by atoms with van der Waals surface area (Å²) in [4.78, 5) is 12.5. The Kier molecular flexibility index (Phi) is 4.69. The van der Waals surface area contributed by atoms with E-state index in [1.54, 1.807) is 6.92 Å². The van der Waals surface area contributed by atoms with Gasteiger partial charge in [0.1, 0.15) is 0 Å². The summed E-state index contributed by atoms with van der Waals surface area (Å²) in [6.07, 6.45) is 6.76. The highest BCUT2D eigenvalue weighted by atomic mass is 79.9. The van der Waals surface area contributed by atoms with Crippen LogP contribution in [0.4, 0.5) is 0 Å². The molecule has 0 N–H and O–H groups in total. The van der Waals surface area contributed by atoms with Crippen molar-refractivity contribution >= 4 is 33.5 Å². The van der Waals surface area contributed by atoms with E-state index >= 15 is 0 Å². The number of ketones is 1. The molecule has 1 aliphatic rings. The van der Waals surface area contributed by atoms with Crippen LogP contribution in [0.25, 0.3) is 0 Å². The maximum absolute atomic E-state index is 11.3. The molecule has 0 unspecified atom stereocenters. The lowest BCUT2D eigenvalue weighted by atomic mass is 10.0. The van der Waals surface area contributed by atoms with Gasteiger partial charge < -0.3 is 0 Å². The second-order valence-corrected chi connectivity index (χ2v) is 6.78. The van der Waals surface area contributed by atoms with Crippen LogP contribution in [-0.4, -0.2) is 11.0 Å². The molecule has 0 aliphatic heterocycles. The fraction of sp³-hybridized carbons (Fsp3) is 0.500. The highest BCUT2D eigenvalue weighted by Crippen LogP contribution is 2.37. The zero-order valence-corrected chi connectivity index (χ0v) is 12.4. The summed E-state index contributed by atoms with van der Waals surface area (Å²) >= 11 is 5.52. The van der Waals surface area contributed by atoms with Crippen LogP contribution in [0.1, 0.15) is 49.4 Å². The summed E-state index contributed by atoms with van der Waals surface area (Å²) in [5.74, 6) is 0.125. The van der Waals surface area contributed by atoms with Crippen molar-refractivity contribution in [2.75, 3.05) is 0 Å². The van der Waals surface area contributed by atoms with Crippen molar-refractivity contribution in [2.45, 2.75) is 49.2 Å². The van der Waals surface area contributed by atoms with Crippen molar-refractivity contribution in [1.29, 1.82) is 0 Å². The molecule has 3 heteroatoms. The van der Waals surface area contributed by atoms with Crippen LogP contribution in [0.3, 0.4) is 0 Å². The summed E-state index contributed by atoms with van der Waals surface area (Å²) in [7, 11) is 0. The van der Waals surface area contributed by atoms with Gasteiger partial charge in [0, 0.05) is 20.2 Å². The second-order valence-electron chi connectivity index (χ2n) is 4.58. The van der Waals surface area contributed by atoms with Gasteiger partial charge in [0.2, 0.25) is 0 Å². The standard InChI is InChI=1S/C14H17BrOS/c1-10(16)11-7-8-14(13(15)9-11)17-12-5-3-2-4-6-12/h7-9,12H,2-6H2,1H3. The minimum Gasteiger partial charge on any atom is -0.295 e. The average Bonchev–Trinajstić information content (AvgIpc) is 2.33. The molecule has 1 aromatic rings. The van der Waals surface area contributed by atoms with Gasteiger partial charge in [0.05, 0.1) is 0 Å². The Balaban J connectivity index is 2.08. The SMILES string of the molecule is CC(=O)c1ccc(SC2CCCCC2)c(Br)c1. The average molecular weight is 313 g/mol.